The summed E-state index contributed by atoms with van der Waals surface area (Å²) in [6.45, 7) is 0. The van der Waals surface area contributed by atoms with Crippen LogP contribution >= 0.6 is 0 Å². The zero-order valence-corrected chi connectivity index (χ0v) is 10.9. The highest BCUT2D eigenvalue weighted by atomic mass is 19.1. The van der Waals surface area contributed by atoms with Crippen molar-refractivity contribution in [2.24, 2.45) is 0 Å². The molecule has 0 unspecified atom stereocenters. The van der Waals surface area contributed by atoms with Gasteiger partial charge in [0, 0.05) is 18.8 Å². The fourth-order valence-electron chi connectivity index (χ4n) is 1.82. The minimum atomic E-state index is -0.799. The Bertz CT molecular complexity index is 719. The molecule has 0 saturated heterocycles. The minimum Gasteiger partial charge on any atom is -0.311 e. The molecule has 2 rings (SSSR count). The predicted molar refractivity (Wildman–Crippen MR) is 72.2 cm³/mol. The van der Waals surface area contributed by atoms with Crippen LogP contribution in [-0.2, 0) is 0 Å². The van der Waals surface area contributed by atoms with Crippen molar-refractivity contribution in [3.63, 3.8) is 0 Å². The zero-order valence-electron chi connectivity index (χ0n) is 10.9. The van der Waals surface area contributed by atoms with Crippen LogP contribution in [0.5, 0.6) is 0 Å². The number of hydrogen-bond acceptors (Lipinski definition) is 3. The molecular weight excluding hydrogens is 282 g/mol. The van der Waals surface area contributed by atoms with E-state index in [-0.39, 0.29) is 5.69 Å². The summed E-state index contributed by atoms with van der Waals surface area (Å²) in [4.78, 5) is 23.4. The molecule has 0 aliphatic carbocycles. The lowest BCUT2D eigenvalue weighted by atomic mass is 10.1. The molecule has 21 heavy (non-hydrogen) atoms. The average molecular weight is 292 g/mol. The van der Waals surface area contributed by atoms with Crippen molar-refractivity contribution in [3.05, 3.63) is 69.8 Å². The highest BCUT2D eigenvalue weighted by Crippen LogP contribution is 2.23. The molecule has 0 atom stereocenters. The zero-order chi connectivity index (χ0) is 15.6. The Morgan fingerprint density at radius 2 is 1.81 bits per heavy atom. The van der Waals surface area contributed by atoms with E-state index in [9.17, 15) is 23.7 Å². The number of nitro groups is 1. The maximum atomic E-state index is 13.2. The third-order valence-corrected chi connectivity index (χ3v) is 2.89. The van der Waals surface area contributed by atoms with Crippen LogP contribution in [0.1, 0.15) is 10.4 Å². The number of carbonyl (C=O) groups is 1. The van der Waals surface area contributed by atoms with E-state index in [2.05, 4.69) is 0 Å². The van der Waals surface area contributed by atoms with E-state index in [1.807, 2.05) is 0 Å². The molecule has 0 aromatic heterocycles. The Labute approximate surface area is 118 Å². The molecule has 0 radical (unpaired) electrons. The van der Waals surface area contributed by atoms with E-state index in [4.69, 9.17) is 0 Å². The fraction of sp³-hybridized carbons (Fsp3) is 0.0714. The van der Waals surface area contributed by atoms with Gasteiger partial charge in [0.2, 0.25) is 0 Å². The number of amides is 1. The van der Waals surface area contributed by atoms with Crippen molar-refractivity contribution in [3.8, 4) is 0 Å². The van der Waals surface area contributed by atoms with Gasteiger partial charge in [-0.2, -0.15) is 0 Å². The van der Waals surface area contributed by atoms with Crippen molar-refractivity contribution in [1.29, 1.82) is 0 Å². The normalized spacial score (nSPS) is 10.2. The van der Waals surface area contributed by atoms with E-state index in [0.29, 0.717) is 0 Å². The van der Waals surface area contributed by atoms with Crippen molar-refractivity contribution < 1.29 is 18.5 Å². The molecule has 0 spiro atoms. The molecule has 0 aliphatic rings. The van der Waals surface area contributed by atoms with Crippen LogP contribution in [0.3, 0.4) is 0 Å². The summed E-state index contributed by atoms with van der Waals surface area (Å²) in [5.41, 5.74) is -0.699. The first-order chi connectivity index (χ1) is 9.90. The molecule has 0 N–H and O–H groups in total. The molecule has 0 fully saturated rings. The van der Waals surface area contributed by atoms with E-state index < -0.39 is 33.7 Å². The second kappa shape index (κ2) is 5.66. The Hall–Kier alpha value is -2.83. The average Bonchev–Trinajstić information content (AvgIpc) is 2.45. The monoisotopic (exact) mass is 292 g/mol. The van der Waals surface area contributed by atoms with E-state index in [1.54, 1.807) is 0 Å². The summed E-state index contributed by atoms with van der Waals surface area (Å²) in [5, 5.41) is 10.9. The summed E-state index contributed by atoms with van der Waals surface area (Å²) in [5.74, 6) is -2.12. The molecule has 2 aromatic carbocycles. The van der Waals surface area contributed by atoms with Gasteiger partial charge in [0.1, 0.15) is 17.2 Å². The maximum absolute atomic E-state index is 13.2. The van der Waals surface area contributed by atoms with Gasteiger partial charge >= 0.3 is 0 Å². The van der Waals surface area contributed by atoms with Crippen LogP contribution in [0.25, 0.3) is 0 Å². The van der Waals surface area contributed by atoms with Gasteiger partial charge in [0.05, 0.1) is 4.92 Å². The standard InChI is InChI=1S/C14H10F2N2O3/c1-17(11-4-2-3-9(15)7-11)14(19)12-8-10(16)5-6-13(12)18(20)21/h2-8H,1H3. The van der Waals surface area contributed by atoms with Gasteiger partial charge in [-0.3, -0.25) is 14.9 Å². The second-order valence-corrected chi connectivity index (χ2v) is 4.26. The SMILES string of the molecule is CN(C(=O)c1cc(F)ccc1[N+](=O)[O-])c1cccc(F)c1. The van der Waals surface area contributed by atoms with Crippen LogP contribution in [0.15, 0.2) is 42.5 Å². The first-order valence-electron chi connectivity index (χ1n) is 5.87. The number of halogens is 2. The summed E-state index contributed by atoms with van der Waals surface area (Å²) in [6.07, 6.45) is 0. The number of rotatable bonds is 3. The van der Waals surface area contributed by atoms with Crippen LogP contribution < -0.4 is 4.90 Å². The van der Waals surface area contributed by atoms with E-state index in [0.717, 1.165) is 29.2 Å². The molecule has 108 valence electrons. The van der Waals surface area contributed by atoms with Crippen LogP contribution in [0, 0.1) is 21.7 Å². The summed E-state index contributed by atoms with van der Waals surface area (Å²) < 4.78 is 26.4. The summed E-state index contributed by atoms with van der Waals surface area (Å²) in [7, 11) is 1.33. The van der Waals surface area contributed by atoms with Crippen molar-refractivity contribution in [2.45, 2.75) is 0 Å². The van der Waals surface area contributed by atoms with Gasteiger partial charge in [0.25, 0.3) is 11.6 Å². The molecule has 1 amide bonds. The number of hydrogen-bond donors (Lipinski definition) is 0. The molecule has 2 aromatic rings. The molecule has 0 bridgehead atoms. The Kier molecular flexibility index (Phi) is 3.93. The van der Waals surface area contributed by atoms with Crippen molar-refractivity contribution in [1.82, 2.24) is 0 Å². The Morgan fingerprint density at radius 1 is 1.14 bits per heavy atom. The van der Waals surface area contributed by atoms with Gasteiger partial charge in [0.15, 0.2) is 0 Å². The number of anilines is 1. The quantitative estimate of drug-likeness (QED) is 0.645. The van der Waals surface area contributed by atoms with Gasteiger partial charge in [-0.05, 0) is 30.3 Å². The topological polar surface area (TPSA) is 63.5 Å². The van der Waals surface area contributed by atoms with Gasteiger partial charge in [-0.25, -0.2) is 8.78 Å². The van der Waals surface area contributed by atoms with Crippen molar-refractivity contribution >= 4 is 17.3 Å². The lowest BCUT2D eigenvalue weighted by molar-refractivity contribution is -0.385. The fourth-order valence-corrected chi connectivity index (χ4v) is 1.82. The molecule has 0 aliphatic heterocycles. The molecule has 5 nitrogen and oxygen atoms in total. The first kappa shape index (κ1) is 14.6. The van der Waals surface area contributed by atoms with Crippen LogP contribution in [0.4, 0.5) is 20.2 Å². The largest absolute Gasteiger partial charge is 0.311 e. The van der Waals surface area contributed by atoms with Crippen LogP contribution in [0.2, 0.25) is 0 Å². The summed E-state index contributed by atoms with van der Waals surface area (Å²) in [6, 6.07) is 7.77. The minimum absolute atomic E-state index is 0.207. The first-order valence-corrected chi connectivity index (χ1v) is 5.87. The Morgan fingerprint density at radius 3 is 2.43 bits per heavy atom. The highest BCUT2D eigenvalue weighted by Gasteiger charge is 2.24. The van der Waals surface area contributed by atoms with Gasteiger partial charge < -0.3 is 4.90 Å². The van der Waals surface area contributed by atoms with Crippen LogP contribution in [-0.4, -0.2) is 17.9 Å². The predicted octanol–water partition coefficient (Wildman–Crippen LogP) is 3.15. The Balaban J connectivity index is 2.44. The smallest absolute Gasteiger partial charge is 0.282 e. The second-order valence-electron chi connectivity index (χ2n) is 4.26. The summed E-state index contributed by atoms with van der Waals surface area (Å²) >= 11 is 0. The van der Waals surface area contributed by atoms with Gasteiger partial charge in [-0.15, -0.1) is 0 Å². The lowest BCUT2D eigenvalue weighted by Crippen LogP contribution is -2.27. The molecule has 0 saturated carbocycles. The lowest BCUT2D eigenvalue weighted by Gasteiger charge is -2.17. The van der Waals surface area contributed by atoms with E-state index >= 15 is 0 Å². The maximum Gasteiger partial charge on any atom is 0.282 e. The third-order valence-electron chi connectivity index (χ3n) is 2.89. The number of nitrogens with zero attached hydrogens (tertiary/aromatic N) is 2. The van der Waals surface area contributed by atoms with E-state index in [1.165, 1.54) is 25.2 Å². The highest BCUT2D eigenvalue weighted by molar-refractivity contribution is 6.08. The number of carbonyl (C=O) groups excluding carboxylic acids is 1. The molecular formula is C14H10F2N2O3. The molecule has 7 heteroatoms. The van der Waals surface area contributed by atoms with Gasteiger partial charge in [-0.1, -0.05) is 6.07 Å². The third kappa shape index (κ3) is 3.02. The number of nitro benzene ring substituents is 1. The van der Waals surface area contributed by atoms with Crippen molar-refractivity contribution in [2.75, 3.05) is 11.9 Å². The molecule has 0 heterocycles. The number of benzene rings is 2.